The van der Waals surface area contributed by atoms with Crippen molar-refractivity contribution in [3.8, 4) is 0 Å². The summed E-state index contributed by atoms with van der Waals surface area (Å²) in [4.78, 5) is 3.99. The maximum absolute atomic E-state index is 12.2. The first kappa shape index (κ1) is 14.3. The van der Waals surface area contributed by atoms with Gasteiger partial charge < -0.3 is 5.73 Å². The Hall–Kier alpha value is -1.14. The standard InChI is InChI=1S/C13H21N3O2S/c1-2-13(7-3-4-8-13)10-16-19(17,18)11-5-6-12(14)15-9-11/h5-6,9,16H,2-4,7-8,10H2,1H3,(H2,14,15). The summed E-state index contributed by atoms with van der Waals surface area (Å²) < 4.78 is 27.1. The highest BCUT2D eigenvalue weighted by atomic mass is 32.2. The van der Waals surface area contributed by atoms with Crippen LogP contribution in [-0.4, -0.2) is 19.9 Å². The zero-order chi connectivity index (χ0) is 13.9. The molecule has 0 unspecified atom stereocenters. The van der Waals surface area contributed by atoms with E-state index in [1.54, 1.807) is 0 Å². The molecule has 106 valence electrons. The predicted molar refractivity (Wildman–Crippen MR) is 75.0 cm³/mol. The van der Waals surface area contributed by atoms with Crippen LogP contribution in [0, 0.1) is 5.41 Å². The zero-order valence-corrected chi connectivity index (χ0v) is 12.0. The number of anilines is 1. The predicted octanol–water partition coefficient (Wildman–Crippen LogP) is 1.91. The number of nitrogens with one attached hydrogen (secondary N) is 1. The molecule has 1 saturated carbocycles. The summed E-state index contributed by atoms with van der Waals surface area (Å²) in [5.41, 5.74) is 5.59. The van der Waals surface area contributed by atoms with Crippen LogP contribution in [0.25, 0.3) is 0 Å². The van der Waals surface area contributed by atoms with Gasteiger partial charge in [-0.25, -0.2) is 18.1 Å². The number of hydrogen-bond acceptors (Lipinski definition) is 4. The highest BCUT2D eigenvalue weighted by Crippen LogP contribution is 2.40. The third kappa shape index (κ3) is 3.25. The average Bonchev–Trinajstić information content (AvgIpc) is 2.87. The van der Waals surface area contributed by atoms with Gasteiger partial charge in [-0.2, -0.15) is 0 Å². The lowest BCUT2D eigenvalue weighted by molar-refractivity contribution is 0.285. The normalized spacial score (nSPS) is 18.6. The van der Waals surface area contributed by atoms with Crippen molar-refractivity contribution in [1.29, 1.82) is 0 Å². The summed E-state index contributed by atoms with van der Waals surface area (Å²) in [6, 6.07) is 2.98. The molecule has 0 aromatic carbocycles. The number of hydrogen-bond donors (Lipinski definition) is 2. The van der Waals surface area contributed by atoms with Gasteiger partial charge in [-0.05, 0) is 36.8 Å². The van der Waals surface area contributed by atoms with Gasteiger partial charge >= 0.3 is 0 Å². The van der Waals surface area contributed by atoms with Crippen LogP contribution in [0.15, 0.2) is 23.2 Å². The number of nitrogens with zero attached hydrogens (tertiary/aromatic N) is 1. The van der Waals surface area contributed by atoms with E-state index in [4.69, 9.17) is 5.73 Å². The van der Waals surface area contributed by atoms with Crippen molar-refractivity contribution in [3.63, 3.8) is 0 Å². The van der Waals surface area contributed by atoms with Crippen molar-refractivity contribution in [1.82, 2.24) is 9.71 Å². The second kappa shape index (κ2) is 5.46. The number of sulfonamides is 1. The molecule has 1 aliphatic rings. The Balaban J connectivity index is 2.07. The van der Waals surface area contributed by atoms with Crippen molar-refractivity contribution in [2.24, 2.45) is 5.41 Å². The second-order valence-corrected chi connectivity index (χ2v) is 7.07. The highest BCUT2D eigenvalue weighted by Gasteiger charge is 2.33. The quantitative estimate of drug-likeness (QED) is 0.864. The van der Waals surface area contributed by atoms with Crippen molar-refractivity contribution in [3.05, 3.63) is 18.3 Å². The molecular formula is C13H21N3O2S. The molecule has 1 aromatic heterocycles. The first-order valence-corrected chi connectivity index (χ1v) is 8.17. The molecule has 1 heterocycles. The fourth-order valence-electron chi connectivity index (χ4n) is 2.66. The van der Waals surface area contributed by atoms with Gasteiger partial charge in [0.25, 0.3) is 0 Å². The minimum Gasteiger partial charge on any atom is -0.384 e. The highest BCUT2D eigenvalue weighted by molar-refractivity contribution is 7.89. The zero-order valence-electron chi connectivity index (χ0n) is 11.2. The molecule has 0 bridgehead atoms. The van der Waals surface area contributed by atoms with Crippen LogP contribution in [0.2, 0.25) is 0 Å². The lowest BCUT2D eigenvalue weighted by Crippen LogP contribution is -2.35. The smallest absolute Gasteiger partial charge is 0.242 e. The molecule has 0 amide bonds. The molecule has 19 heavy (non-hydrogen) atoms. The van der Waals surface area contributed by atoms with Crippen LogP contribution >= 0.6 is 0 Å². The van der Waals surface area contributed by atoms with Crippen molar-refractivity contribution < 1.29 is 8.42 Å². The molecule has 1 aromatic rings. The van der Waals surface area contributed by atoms with E-state index in [-0.39, 0.29) is 10.3 Å². The minimum atomic E-state index is -3.48. The molecular weight excluding hydrogens is 262 g/mol. The molecule has 0 saturated heterocycles. The molecule has 0 spiro atoms. The van der Waals surface area contributed by atoms with E-state index in [0.29, 0.717) is 12.4 Å². The summed E-state index contributed by atoms with van der Waals surface area (Å²) in [5, 5.41) is 0. The number of nitrogens with two attached hydrogens (primary N) is 1. The summed E-state index contributed by atoms with van der Waals surface area (Å²) in [6.07, 6.45) is 6.90. The van der Waals surface area contributed by atoms with Gasteiger partial charge in [-0.3, -0.25) is 0 Å². The Morgan fingerprint density at radius 3 is 2.58 bits per heavy atom. The number of aromatic nitrogens is 1. The lowest BCUT2D eigenvalue weighted by atomic mass is 9.84. The van der Waals surface area contributed by atoms with E-state index in [1.165, 1.54) is 31.2 Å². The van der Waals surface area contributed by atoms with Crippen molar-refractivity contribution in [2.45, 2.75) is 43.9 Å². The maximum Gasteiger partial charge on any atom is 0.242 e. The van der Waals surface area contributed by atoms with Crippen LogP contribution in [-0.2, 0) is 10.0 Å². The average molecular weight is 283 g/mol. The van der Waals surface area contributed by atoms with E-state index >= 15 is 0 Å². The Kier molecular flexibility index (Phi) is 4.10. The van der Waals surface area contributed by atoms with Crippen LogP contribution < -0.4 is 10.5 Å². The van der Waals surface area contributed by atoms with E-state index < -0.39 is 10.0 Å². The monoisotopic (exact) mass is 283 g/mol. The Labute approximate surface area is 114 Å². The van der Waals surface area contributed by atoms with Crippen LogP contribution in [0.3, 0.4) is 0 Å². The first-order chi connectivity index (χ1) is 8.97. The summed E-state index contributed by atoms with van der Waals surface area (Å²) in [7, 11) is -3.48. The number of pyridine rings is 1. The molecule has 6 heteroatoms. The molecule has 0 atom stereocenters. The third-order valence-corrected chi connectivity index (χ3v) is 5.51. The van der Waals surface area contributed by atoms with Crippen LogP contribution in [0.1, 0.15) is 39.0 Å². The molecule has 1 aliphatic carbocycles. The van der Waals surface area contributed by atoms with Crippen molar-refractivity contribution >= 4 is 15.8 Å². The SMILES string of the molecule is CCC1(CNS(=O)(=O)c2ccc(N)nc2)CCCC1. The van der Waals surface area contributed by atoms with Gasteiger partial charge in [0.15, 0.2) is 0 Å². The summed E-state index contributed by atoms with van der Waals surface area (Å²) in [6.45, 7) is 2.64. The third-order valence-electron chi connectivity index (χ3n) is 4.12. The topological polar surface area (TPSA) is 85.1 Å². The van der Waals surface area contributed by atoms with Gasteiger partial charge in [-0.1, -0.05) is 19.8 Å². The summed E-state index contributed by atoms with van der Waals surface area (Å²) >= 11 is 0. The largest absolute Gasteiger partial charge is 0.384 e. The van der Waals surface area contributed by atoms with Gasteiger partial charge in [0.1, 0.15) is 10.7 Å². The molecule has 0 aliphatic heterocycles. The fourth-order valence-corrected chi connectivity index (χ4v) is 3.76. The first-order valence-electron chi connectivity index (χ1n) is 6.69. The van der Waals surface area contributed by atoms with E-state index in [9.17, 15) is 8.42 Å². The van der Waals surface area contributed by atoms with E-state index in [1.807, 2.05) is 0 Å². The molecule has 5 nitrogen and oxygen atoms in total. The Bertz CT molecular complexity index is 519. The lowest BCUT2D eigenvalue weighted by Gasteiger charge is -2.27. The number of nitrogen functional groups attached to an aromatic ring is 1. The molecule has 2 rings (SSSR count). The Morgan fingerprint density at radius 1 is 1.37 bits per heavy atom. The van der Waals surface area contributed by atoms with Gasteiger partial charge in [-0.15, -0.1) is 0 Å². The second-order valence-electron chi connectivity index (χ2n) is 5.30. The summed E-state index contributed by atoms with van der Waals surface area (Å²) in [5.74, 6) is 0.319. The molecule has 1 fully saturated rings. The fraction of sp³-hybridized carbons (Fsp3) is 0.615. The molecule has 0 radical (unpaired) electrons. The molecule has 3 N–H and O–H groups in total. The maximum atomic E-state index is 12.2. The van der Waals surface area contributed by atoms with Crippen LogP contribution in [0.5, 0.6) is 0 Å². The Morgan fingerprint density at radius 2 is 2.05 bits per heavy atom. The van der Waals surface area contributed by atoms with Crippen molar-refractivity contribution in [2.75, 3.05) is 12.3 Å². The van der Waals surface area contributed by atoms with E-state index in [0.717, 1.165) is 19.3 Å². The van der Waals surface area contributed by atoms with Gasteiger partial charge in [0, 0.05) is 12.7 Å². The van der Waals surface area contributed by atoms with E-state index in [2.05, 4.69) is 16.6 Å². The number of rotatable bonds is 5. The van der Waals surface area contributed by atoms with Gasteiger partial charge in [0.2, 0.25) is 10.0 Å². The van der Waals surface area contributed by atoms with Gasteiger partial charge in [0.05, 0.1) is 0 Å². The van der Waals surface area contributed by atoms with Crippen LogP contribution in [0.4, 0.5) is 5.82 Å². The minimum absolute atomic E-state index is 0.133.